The van der Waals surface area contributed by atoms with Crippen molar-refractivity contribution >= 4 is 56.6 Å². The lowest BCUT2D eigenvalue weighted by Gasteiger charge is -2.03. The number of carbonyl (C=O) groups is 2. The maximum atomic E-state index is 12.6. The standard InChI is InChI=1S/C19H14Cl2N2O3S/c1-3-8-23-16-14(21)9-13(20)10-15(16)27-19(23)22-17(24)11-4-6-12(7-5-11)18(25)26-2/h3-7,9-10H,1,8H2,2H3. The fraction of sp³-hybridized carbons (Fsp3) is 0.105. The summed E-state index contributed by atoms with van der Waals surface area (Å²) in [5.41, 5.74) is 1.46. The monoisotopic (exact) mass is 420 g/mol. The number of hydrogen-bond acceptors (Lipinski definition) is 4. The minimum Gasteiger partial charge on any atom is -0.465 e. The zero-order valence-corrected chi connectivity index (χ0v) is 16.6. The van der Waals surface area contributed by atoms with Gasteiger partial charge in [0.1, 0.15) is 0 Å². The summed E-state index contributed by atoms with van der Waals surface area (Å²) in [6.45, 7) is 4.19. The number of esters is 1. The number of aromatic nitrogens is 1. The molecule has 3 rings (SSSR count). The Balaban J connectivity index is 2.08. The second-order valence-electron chi connectivity index (χ2n) is 5.50. The zero-order valence-electron chi connectivity index (χ0n) is 14.2. The Bertz CT molecular complexity index is 1110. The molecule has 0 saturated carbocycles. The van der Waals surface area contributed by atoms with Gasteiger partial charge in [0.05, 0.1) is 27.9 Å². The van der Waals surface area contributed by atoms with E-state index in [0.717, 1.165) is 10.2 Å². The molecule has 27 heavy (non-hydrogen) atoms. The Morgan fingerprint density at radius 1 is 1.22 bits per heavy atom. The van der Waals surface area contributed by atoms with Gasteiger partial charge in [0.15, 0.2) is 4.80 Å². The molecule has 0 unspecified atom stereocenters. The van der Waals surface area contributed by atoms with Gasteiger partial charge in [-0.2, -0.15) is 4.99 Å². The number of methoxy groups -OCH3 is 1. The quantitative estimate of drug-likeness (QED) is 0.452. The molecule has 1 heterocycles. The third-order valence-corrected chi connectivity index (χ3v) is 5.29. The Morgan fingerprint density at radius 2 is 1.89 bits per heavy atom. The largest absolute Gasteiger partial charge is 0.465 e. The predicted octanol–water partition coefficient (Wildman–Crippen LogP) is 4.72. The molecule has 0 atom stereocenters. The average Bonchev–Trinajstić information content (AvgIpc) is 2.98. The van der Waals surface area contributed by atoms with Crippen LogP contribution in [0.25, 0.3) is 10.2 Å². The molecule has 0 bridgehead atoms. The summed E-state index contributed by atoms with van der Waals surface area (Å²) < 4.78 is 7.28. The highest BCUT2D eigenvalue weighted by atomic mass is 35.5. The predicted molar refractivity (Wildman–Crippen MR) is 108 cm³/mol. The summed E-state index contributed by atoms with van der Waals surface area (Å²) >= 11 is 13.7. The highest BCUT2D eigenvalue weighted by Crippen LogP contribution is 2.29. The van der Waals surface area contributed by atoms with Gasteiger partial charge in [-0.1, -0.05) is 40.6 Å². The number of hydrogen-bond donors (Lipinski definition) is 0. The van der Waals surface area contributed by atoms with E-state index in [1.54, 1.807) is 18.2 Å². The molecule has 0 aliphatic heterocycles. The Kier molecular flexibility index (Phi) is 5.79. The summed E-state index contributed by atoms with van der Waals surface area (Å²) in [6, 6.07) is 9.54. The molecule has 0 radical (unpaired) electrons. The number of amides is 1. The minimum atomic E-state index is -0.467. The average molecular weight is 421 g/mol. The lowest BCUT2D eigenvalue weighted by atomic mass is 10.1. The number of carbonyl (C=O) groups excluding carboxylic acids is 2. The van der Waals surface area contributed by atoms with E-state index in [9.17, 15) is 9.59 Å². The van der Waals surface area contributed by atoms with E-state index >= 15 is 0 Å². The number of thiazole rings is 1. The van der Waals surface area contributed by atoms with Gasteiger partial charge >= 0.3 is 5.97 Å². The van der Waals surface area contributed by atoms with Crippen LogP contribution in [0.2, 0.25) is 10.0 Å². The molecule has 0 fully saturated rings. The molecule has 0 aliphatic rings. The molecule has 1 amide bonds. The highest BCUT2D eigenvalue weighted by Gasteiger charge is 2.13. The molecular formula is C19H14Cl2N2O3S. The van der Waals surface area contributed by atoms with Crippen LogP contribution >= 0.6 is 34.5 Å². The van der Waals surface area contributed by atoms with Crippen LogP contribution in [0.1, 0.15) is 20.7 Å². The third-order valence-electron chi connectivity index (χ3n) is 3.76. The van der Waals surface area contributed by atoms with Gasteiger partial charge in [-0.05, 0) is 36.4 Å². The SMILES string of the molecule is C=CCn1c(=NC(=O)c2ccc(C(=O)OC)cc2)sc2cc(Cl)cc(Cl)c21. The van der Waals surface area contributed by atoms with Crippen LogP contribution in [0.5, 0.6) is 0 Å². The molecule has 8 heteroatoms. The van der Waals surface area contributed by atoms with Crippen molar-refractivity contribution in [2.45, 2.75) is 6.54 Å². The fourth-order valence-electron chi connectivity index (χ4n) is 2.53. The second-order valence-corrected chi connectivity index (χ2v) is 7.36. The van der Waals surface area contributed by atoms with Gasteiger partial charge in [0.2, 0.25) is 0 Å². The number of fused-ring (bicyclic) bond motifs is 1. The molecule has 138 valence electrons. The lowest BCUT2D eigenvalue weighted by molar-refractivity contribution is 0.0600. The van der Waals surface area contributed by atoms with Crippen LogP contribution in [-0.2, 0) is 11.3 Å². The van der Waals surface area contributed by atoms with Gasteiger partial charge < -0.3 is 9.30 Å². The van der Waals surface area contributed by atoms with Gasteiger partial charge in [0, 0.05) is 17.1 Å². The first kappa shape index (κ1) is 19.4. The zero-order chi connectivity index (χ0) is 19.6. The minimum absolute atomic E-state index is 0.356. The lowest BCUT2D eigenvalue weighted by Crippen LogP contribution is -2.16. The smallest absolute Gasteiger partial charge is 0.337 e. The van der Waals surface area contributed by atoms with E-state index in [1.807, 2.05) is 4.57 Å². The summed E-state index contributed by atoms with van der Waals surface area (Å²) in [6.07, 6.45) is 1.70. The van der Waals surface area contributed by atoms with E-state index in [1.165, 1.54) is 42.7 Å². The van der Waals surface area contributed by atoms with Crippen molar-refractivity contribution in [2.75, 3.05) is 7.11 Å². The van der Waals surface area contributed by atoms with Crippen molar-refractivity contribution in [3.63, 3.8) is 0 Å². The van der Waals surface area contributed by atoms with E-state index in [2.05, 4.69) is 16.3 Å². The topological polar surface area (TPSA) is 60.7 Å². The van der Waals surface area contributed by atoms with Crippen molar-refractivity contribution in [1.82, 2.24) is 4.57 Å². The van der Waals surface area contributed by atoms with Crippen LogP contribution in [0, 0.1) is 0 Å². The summed E-state index contributed by atoms with van der Waals surface area (Å²) in [4.78, 5) is 28.8. The van der Waals surface area contributed by atoms with Gasteiger partial charge in [0.25, 0.3) is 5.91 Å². The molecule has 0 saturated heterocycles. The van der Waals surface area contributed by atoms with Crippen LogP contribution in [0.3, 0.4) is 0 Å². The molecule has 0 spiro atoms. The van der Waals surface area contributed by atoms with Crippen LogP contribution < -0.4 is 4.80 Å². The number of halogens is 2. The number of rotatable bonds is 4. The Labute approximate surface area is 169 Å². The number of ether oxygens (including phenoxy) is 1. The Hall–Kier alpha value is -2.41. The van der Waals surface area contributed by atoms with Crippen molar-refractivity contribution < 1.29 is 14.3 Å². The number of nitrogens with zero attached hydrogens (tertiary/aromatic N) is 2. The number of allylic oxidation sites excluding steroid dienone is 1. The fourth-order valence-corrected chi connectivity index (χ4v) is 4.35. The maximum Gasteiger partial charge on any atom is 0.337 e. The number of benzene rings is 2. The van der Waals surface area contributed by atoms with Crippen molar-refractivity contribution in [3.05, 3.63) is 75.0 Å². The molecule has 3 aromatic rings. The third kappa shape index (κ3) is 3.98. The van der Waals surface area contributed by atoms with Crippen molar-refractivity contribution in [1.29, 1.82) is 0 Å². The summed E-state index contributed by atoms with van der Waals surface area (Å²) in [5.74, 6) is -0.899. The van der Waals surface area contributed by atoms with Gasteiger partial charge in [-0.25, -0.2) is 4.79 Å². The highest BCUT2D eigenvalue weighted by molar-refractivity contribution is 7.16. The first-order valence-electron chi connectivity index (χ1n) is 7.81. The molecule has 5 nitrogen and oxygen atoms in total. The molecule has 0 N–H and O–H groups in total. The van der Waals surface area contributed by atoms with Gasteiger partial charge in [-0.3, -0.25) is 4.79 Å². The maximum absolute atomic E-state index is 12.6. The van der Waals surface area contributed by atoms with Crippen LogP contribution in [-0.4, -0.2) is 23.6 Å². The second kappa shape index (κ2) is 8.08. The normalized spacial score (nSPS) is 11.6. The van der Waals surface area contributed by atoms with E-state index in [4.69, 9.17) is 23.2 Å². The molecular weight excluding hydrogens is 407 g/mol. The summed E-state index contributed by atoms with van der Waals surface area (Å²) in [7, 11) is 1.30. The molecule has 0 aliphatic carbocycles. The van der Waals surface area contributed by atoms with Crippen molar-refractivity contribution in [2.24, 2.45) is 4.99 Å². The van der Waals surface area contributed by atoms with Gasteiger partial charge in [-0.15, -0.1) is 6.58 Å². The molecule has 2 aromatic carbocycles. The van der Waals surface area contributed by atoms with Crippen LogP contribution in [0.15, 0.2) is 54.0 Å². The summed E-state index contributed by atoms with van der Waals surface area (Å²) in [5, 5.41) is 0.989. The van der Waals surface area contributed by atoms with Crippen LogP contribution in [0.4, 0.5) is 0 Å². The Morgan fingerprint density at radius 3 is 2.52 bits per heavy atom. The van der Waals surface area contributed by atoms with Crippen molar-refractivity contribution in [3.8, 4) is 0 Å². The van der Waals surface area contributed by atoms with E-state index in [-0.39, 0.29) is 0 Å². The first-order valence-corrected chi connectivity index (χ1v) is 9.38. The van der Waals surface area contributed by atoms with E-state index < -0.39 is 11.9 Å². The van der Waals surface area contributed by atoms with E-state index in [0.29, 0.717) is 32.5 Å². The molecule has 1 aromatic heterocycles. The first-order chi connectivity index (χ1) is 12.9.